The minimum atomic E-state index is -0.776. The van der Waals surface area contributed by atoms with E-state index in [1.807, 2.05) is 43.3 Å². The summed E-state index contributed by atoms with van der Waals surface area (Å²) in [6, 6.07) is 19.1. The van der Waals surface area contributed by atoms with Crippen molar-refractivity contribution in [3.05, 3.63) is 66.2 Å². The fraction of sp³-hybridized carbons (Fsp3) is 0.250. The number of nitrogens with one attached hydrogen (secondary N) is 2. The minimum Gasteiger partial charge on any atom is -0.497 e. The number of hydrogen-bond donors (Lipinski definition) is 2. The molecular weight excluding hydrogens is 394 g/mol. The lowest BCUT2D eigenvalue weighted by Gasteiger charge is -2.26. The Morgan fingerprint density at radius 3 is 2.39 bits per heavy atom. The van der Waals surface area contributed by atoms with Gasteiger partial charge in [0.25, 0.3) is 0 Å². The zero-order valence-electron chi connectivity index (χ0n) is 18.1. The van der Waals surface area contributed by atoms with Gasteiger partial charge in [-0.3, -0.25) is 9.59 Å². The highest BCUT2D eigenvalue weighted by molar-refractivity contribution is 6.39. The molecule has 0 aliphatic heterocycles. The molecule has 0 heterocycles. The van der Waals surface area contributed by atoms with Crippen LogP contribution in [-0.2, 0) is 9.59 Å². The fourth-order valence-corrected chi connectivity index (χ4v) is 3.47. The number of likely N-dealkylation sites (N-methyl/N-ethyl adjacent to an activating group) is 1. The van der Waals surface area contributed by atoms with E-state index in [0.29, 0.717) is 17.2 Å². The summed E-state index contributed by atoms with van der Waals surface area (Å²) < 4.78 is 10.4. The Balaban J connectivity index is 1.73. The smallest absolute Gasteiger partial charge is 0.313 e. The third kappa shape index (κ3) is 5.13. The summed E-state index contributed by atoms with van der Waals surface area (Å²) in [4.78, 5) is 27.0. The summed E-state index contributed by atoms with van der Waals surface area (Å²) >= 11 is 0. The van der Waals surface area contributed by atoms with Gasteiger partial charge in [0.1, 0.15) is 11.5 Å². The van der Waals surface area contributed by atoms with Gasteiger partial charge in [0.15, 0.2) is 0 Å². The van der Waals surface area contributed by atoms with Gasteiger partial charge in [0.2, 0.25) is 0 Å². The number of nitrogens with zero attached hydrogens (tertiary/aromatic N) is 1. The van der Waals surface area contributed by atoms with Crippen molar-refractivity contribution < 1.29 is 19.1 Å². The number of methoxy groups -OCH3 is 2. The summed E-state index contributed by atoms with van der Waals surface area (Å²) in [5.74, 6) is -0.525. The summed E-state index contributed by atoms with van der Waals surface area (Å²) in [6.07, 6.45) is 0. The van der Waals surface area contributed by atoms with Crippen LogP contribution in [0, 0.1) is 0 Å². The SMILES string of the molecule is COc1ccc(OC)c(NC(=O)C(=O)NC[C@@H](c2cccc3ccccc23)N(C)C)c1. The minimum absolute atomic E-state index is 0.103. The first-order valence-corrected chi connectivity index (χ1v) is 9.90. The third-order valence-electron chi connectivity index (χ3n) is 5.12. The molecule has 3 rings (SSSR count). The van der Waals surface area contributed by atoms with E-state index in [1.165, 1.54) is 14.2 Å². The standard InChI is InChI=1S/C24H27N3O4/c1-27(2)21(19-11-7-9-16-8-5-6-10-18(16)19)15-25-23(28)24(29)26-20-14-17(30-3)12-13-22(20)31-4/h5-14,21H,15H2,1-4H3,(H,25,28)(H,26,29)/t21-/m0/s1. The number of carbonyl (C=O) groups is 2. The predicted octanol–water partition coefficient (Wildman–Crippen LogP) is 3.21. The molecule has 2 N–H and O–H groups in total. The van der Waals surface area contributed by atoms with Crippen LogP contribution in [0.5, 0.6) is 11.5 Å². The van der Waals surface area contributed by atoms with Gasteiger partial charge in [-0.1, -0.05) is 42.5 Å². The van der Waals surface area contributed by atoms with Crippen molar-refractivity contribution in [1.82, 2.24) is 10.2 Å². The Hall–Kier alpha value is -3.58. The lowest BCUT2D eigenvalue weighted by atomic mass is 9.98. The molecule has 0 fully saturated rings. The number of hydrogen-bond acceptors (Lipinski definition) is 5. The molecule has 0 saturated heterocycles. The predicted molar refractivity (Wildman–Crippen MR) is 122 cm³/mol. The molecular formula is C24H27N3O4. The molecule has 0 spiro atoms. The first-order valence-electron chi connectivity index (χ1n) is 9.90. The summed E-state index contributed by atoms with van der Waals surface area (Å²) in [6.45, 7) is 0.280. The zero-order chi connectivity index (χ0) is 22.4. The normalized spacial score (nSPS) is 11.8. The summed E-state index contributed by atoms with van der Waals surface area (Å²) in [5.41, 5.74) is 1.44. The molecule has 7 heteroatoms. The van der Waals surface area contributed by atoms with Crippen molar-refractivity contribution in [2.75, 3.05) is 40.2 Å². The monoisotopic (exact) mass is 421 g/mol. The van der Waals surface area contributed by atoms with Crippen LogP contribution in [0.4, 0.5) is 5.69 Å². The highest BCUT2D eigenvalue weighted by Crippen LogP contribution is 2.29. The fourth-order valence-electron chi connectivity index (χ4n) is 3.47. The van der Waals surface area contributed by atoms with Crippen LogP contribution in [0.3, 0.4) is 0 Å². The highest BCUT2D eigenvalue weighted by atomic mass is 16.5. The van der Waals surface area contributed by atoms with Crippen LogP contribution in [0.15, 0.2) is 60.7 Å². The van der Waals surface area contributed by atoms with E-state index in [-0.39, 0.29) is 12.6 Å². The van der Waals surface area contributed by atoms with E-state index in [9.17, 15) is 9.59 Å². The number of amides is 2. The van der Waals surface area contributed by atoms with Crippen LogP contribution in [0.1, 0.15) is 11.6 Å². The lowest BCUT2D eigenvalue weighted by molar-refractivity contribution is -0.136. The van der Waals surface area contributed by atoms with E-state index >= 15 is 0 Å². The molecule has 3 aromatic rings. The number of anilines is 1. The molecule has 0 aliphatic rings. The second-order valence-corrected chi connectivity index (χ2v) is 7.28. The van der Waals surface area contributed by atoms with Crippen LogP contribution in [0.2, 0.25) is 0 Å². The number of rotatable bonds is 7. The largest absolute Gasteiger partial charge is 0.497 e. The van der Waals surface area contributed by atoms with Crippen molar-refractivity contribution in [3.8, 4) is 11.5 Å². The maximum atomic E-state index is 12.5. The lowest BCUT2D eigenvalue weighted by Crippen LogP contribution is -2.40. The first-order chi connectivity index (χ1) is 14.9. The highest BCUT2D eigenvalue weighted by Gasteiger charge is 2.21. The van der Waals surface area contributed by atoms with Crippen LogP contribution in [0.25, 0.3) is 10.8 Å². The van der Waals surface area contributed by atoms with Gasteiger partial charge in [0.05, 0.1) is 25.9 Å². The molecule has 3 aromatic carbocycles. The molecule has 0 bridgehead atoms. The number of carbonyl (C=O) groups excluding carboxylic acids is 2. The van der Waals surface area contributed by atoms with E-state index in [1.54, 1.807) is 18.2 Å². The van der Waals surface area contributed by atoms with Gasteiger partial charge in [-0.05, 0) is 42.6 Å². The van der Waals surface area contributed by atoms with Crippen LogP contribution >= 0.6 is 0 Å². The summed E-state index contributed by atoms with van der Waals surface area (Å²) in [7, 11) is 6.90. The van der Waals surface area contributed by atoms with E-state index in [2.05, 4.69) is 28.8 Å². The molecule has 31 heavy (non-hydrogen) atoms. The average molecular weight is 421 g/mol. The van der Waals surface area contributed by atoms with Gasteiger partial charge in [-0.15, -0.1) is 0 Å². The molecule has 7 nitrogen and oxygen atoms in total. The van der Waals surface area contributed by atoms with Crippen molar-refractivity contribution in [1.29, 1.82) is 0 Å². The topological polar surface area (TPSA) is 79.9 Å². The maximum Gasteiger partial charge on any atom is 0.313 e. The van der Waals surface area contributed by atoms with Gasteiger partial charge in [-0.25, -0.2) is 0 Å². The van der Waals surface area contributed by atoms with Gasteiger partial charge < -0.3 is 25.0 Å². The van der Waals surface area contributed by atoms with Gasteiger partial charge in [-0.2, -0.15) is 0 Å². The number of ether oxygens (including phenoxy) is 2. The average Bonchev–Trinajstić information content (AvgIpc) is 2.78. The third-order valence-corrected chi connectivity index (χ3v) is 5.12. The Kier molecular flexibility index (Phi) is 7.10. The second-order valence-electron chi connectivity index (χ2n) is 7.28. The van der Waals surface area contributed by atoms with E-state index in [0.717, 1.165) is 16.3 Å². The zero-order valence-corrected chi connectivity index (χ0v) is 18.1. The van der Waals surface area contributed by atoms with E-state index in [4.69, 9.17) is 9.47 Å². The Morgan fingerprint density at radius 1 is 0.935 bits per heavy atom. The number of fused-ring (bicyclic) bond motifs is 1. The van der Waals surface area contributed by atoms with Gasteiger partial charge >= 0.3 is 11.8 Å². The first kappa shape index (κ1) is 22.1. The number of benzene rings is 3. The molecule has 0 unspecified atom stereocenters. The van der Waals surface area contributed by atoms with Crippen molar-refractivity contribution in [2.24, 2.45) is 0 Å². The Morgan fingerprint density at radius 2 is 1.68 bits per heavy atom. The van der Waals surface area contributed by atoms with Gasteiger partial charge in [0, 0.05) is 12.6 Å². The molecule has 2 amide bonds. The molecule has 0 saturated carbocycles. The Bertz CT molecular complexity index is 1080. The van der Waals surface area contributed by atoms with Crippen molar-refractivity contribution in [3.63, 3.8) is 0 Å². The summed E-state index contributed by atoms with van der Waals surface area (Å²) in [5, 5.41) is 7.58. The van der Waals surface area contributed by atoms with Crippen LogP contribution < -0.4 is 20.1 Å². The Labute approximate surface area is 181 Å². The van der Waals surface area contributed by atoms with Crippen molar-refractivity contribution >= 4 is 28.3 Å². The molecule has 0 radical (unpaired) electrons. The molecule has 162 valence electrons. The van der Waals surface area contributed by atoms with Crippen molar-refractivity contribution in [2.45, 2.75) is 6.04 Å². The second kappa shape index (κ2) is 9.95. The molecule has 1 atom stereocenters. The van der Waals surface area contributed by atoms with E-state index < -0.39 is 11.8 Å². The quantitative estimate of drug-likeness (QED) is 0.573. The molecule has 0 aliphatic carbocycles. The molecule has 0 aromatic heterocycles. The van der Waals surface area contributed by atoms with Crippen LogP contribution in [-0.4, -0.2) is 51.6 Å². The maximum absolute atomic E-state index is 12.5.